The number of amides is 1. The Morgan fingerprint density at radius 2 is 2.33 bits per heavy atom. The van der Waals surface area contributed by atoms with Crippen LogP contribution in [0.4, 0.5) is 11.4 Å². The van der Waals surface area contributed by atoms with Crippen molar-refractivity contribution in [1.29, 1.82) is 0 Å². The molecule has 1 radical (unpaired) electrons. The van der Waals surface area contributed by atoms with Crippen LogP contribution in [0.1, 0.15) is 0 Å². The Morgan fingerprint density at radius 1 is 1.58 bits per heavy atom. The summed E-state index contributed by atoms with van der Waals surface area (Å²) in [5.74, 6) is -0.641. The largest absolute Gasteiger partial charge is 0.399 e. The van der Waals surface area contributed by atoms with Crippen molar-refractivity contribution >= 4 is 17.3 Å². The Morgan fingerprint density at radius 3 is 2.92 bits per heavy atom. The first-order valence-electron chi connectivity index (χ1n) is 3.52. The monoisotopic (exact) mass is 164 g/mol. The lowest BCUT2D eigenvalue weighted by atomic mass is 10.3. The third-order valence-corrected chi connectivity index (χ3v) is 1.34. The molecule has 0 bridgehead atoms. The molecule has 4 nitrogen and oxygen atoms in total. The molecule has 1 aromatic rings. The number of carbonyl (C=O) groups excluding carboxylic acids is 1. The number of nitrogens with two attached hydrogens (primary N) is 1. The first-order valence-corrected chi connectivity index (χ1v) is 3.52. The predicted octanol–water partition coefficient (Wildman–Crippen LogP) is 0.490. The van der Waals surface area contributed by atoms with Gasteiger partial charge in [0.1, 0.15) is 0 Å². The molecule has 0 aromatic heterocycles. The van der Waals surface area contributed by atoms with Gasteiger partial charge in [-0.2, -0.15) is 0 Å². The van der Waals surface area contributed by atoms with Crippen LogP contribution in [0.15, 0.2) is 24.3 Å². The van der Waals surface area contributed by atoms with Crippen LogP contribution in [-0.2, 0) is 4.79 Å². The highest BCUT2D eigenvalue weighted by molar-refractivity contribution is 5.78. The van der Waals surface area contributed by atoms with Crippen LogP contribution < -0.4 is 16.8 Å². The molecule has 0 atom stereocenters. The summed E-state index contributed by atoms with van der Waals surface area (Å²) in [5.41, 5.74) is 13.5. The molecule has 0 heterocycles. The molecule has 0 aliphatic carbocycles. The molecule has 4 N–H and O–H groups in total. The van der Waals surface area contributed by atoms with E-state index in [0.717, 1.165) is 5.69 Å². The van der Waals surface area contributed by atoms with E-state index in [4.69, 9.17) is 11.5 Å². The molecular formula is C8H10N3O. The molecule has 0 fully saturated rings. The van der Waals surface area contributed by atoms with Gasteiger partial charge in [-0.25, -0.2) is 0 Å². The van der Waals surface area contributed by atoms with Gasteiger partial charge >= 0.3 is 0 Å². The molecule has 1 aromatic carbocycles. The number of benzene rings is 1. The quantitative estimate of drug-likeness (QED) is 0.638. The predicted molar refractivity (Wildman–Crippen MR) is 47.4 cm³/mol. The molecule has 0 aliphatic heterocycles. The number of nitrogens with one attached hydrogen (secondary N) is 2. The van der Waals surface area contributed by atoms with Gasteiger partial charge in [0.2, 0.25) is 0 Å². The van der Waals surface area contributed by atoms with E-state index < -0.39 is 5.91 Å². The van der Waals surface area contributed by atoms with E-state index in [-0.39, 0.29) is 6.54 Å². The van der Waals surface area contributed by atoms with E-state index in [1.54, 1.807) is 24.3 Å². The van der Waals surface area contributed by atoms with Crippen molar-refractivity contribution in [2.75, 3.05) is 17.6 Å². The maximum absolute atomic E-state index is 10.3. The zero-order valence-electron chi connectivity index (χ0n) is 6.50. The van der Waals surface area contributed by atoms with Gasteiger partial charge in [0.15, 0.2) is 0 Å². The van der Waals surface area contributed by atoms with Gasteiger partial charge in [-0.1, -0.05) is 6.07 Å². The van der Waals surface area contributed by atoms with Crippen LogP contribution in [0.25, 0.3) is 0 Å². The van der Waals surface area contributed by atoms with Crippen molar-refractivity contribution in [2.45, 2.75) is 0 Å². The number of carbonyl (C=O) groups is 1. The molecule has 12 heavy (non-hydrogen) atoms. The SMILES string of the molecule is [NH]C(=O)CNc1cccc(N)c1. The Balaban J connectivity index is 2.57. The normalized spacial score (nSPS) is 9.33. The maximum Gasteiger partial charge on any atom is 0.257 e. The number of anilines is 2. The second-order valence-corrected chi connectivity index (χ2v) is 2.40. The third-order valence-electron chi connectivity index (χ3n) is 1.34. The van der Waals surface area contributed by atoms with E-state index in [2.05, 4.69) is 5.32 Å². The van der Waals surface area contributed by atoms with Crippen LogP contribution in [0, 0.1) is 0 Å². The molecule has 0 saturated heterocycles. The summed E-state index contributed by atoms with van der Waals surface area (Å²) in [7, 11) is 0. The lowest BCUT2D eigenvalue weighted by Gasteiger charge is -2.03. The molecule has 0 aliphatic rings. The van der Waals surface area contributed by atoms with Gasteiger partial charge in [-0.3, -0.25) is 10.5 Å². The average Bonchev–Trinajstić information content (AvgIpc) is 2.01. The molecule has 0 saturated carbocycles. The van der Waals surface area contributed by atoms with Crippen LogP contribution in [0.3, 0.4) is 0 Å². The van der Waals surface area contributed by atoms with Crippen molar-refractivity contribution < 1.29 is 4.79 Å². The molecular weight excluding hydrogens is 154 g/mol. The Labute approximate surface area is 70.6 Å². The van der Waals surface area contributed by atoms with Crippen LogP contribution in [0.5, 0.6) is 0 Å². The summed E-state index contributed by atoms with van der Waals surface area (Å²) in [4.78, 5) is 10.3. The first kappa shape index (κ1) is 8.39. The van der Waals surface area contributed by atoms with Crippen LogP contribution in [-0.4, -0.2) is 12.5 Å². The molecule has 0 unspecified atom stereocenters. The topological polar surface area (TPSA) is 78.9 Å². The van der Waals surface area contributed by atoms with Gasteiger partial charge < -0.3 is 11.1 Å². The second-order valence-electron chi connectivity index (χ2n) is 2.40. The fourth-order valence-corrected chi connectivity index (χ4v) is 0.831. The zero-order chi connectivity index (χ0) is 8.97. The molecule has 4 heteroatoms. The smallest absolute Gasteiger partial charge is 0.257 e. The molecule has 0 spiro atoms. The highest BCUT2D eigenvalue weighted by Crippen LogP contribution is 2.10. The highest BCUT2D eigenvalue weighted by atomic mass is 16.1. The van der Waals surface area contributed by atoms with E-state index in [1.807, 2.05) is 0 Å². The van der Waals surface area contributed by atoms with Crippen molar-refractivity contribution in [3.63, 3.8) is 0 Å². The van der Waals surface area contributed by atoms with Gasteiger partial charge in [-0.15, -0.1) is 0 Å². The minimum atomic E-state index is -0.641. The van der Waals surface area contributed by atoms with Crippen molar-refractivity contribution in [2.24, 2.45) is 0 Å². The number of nitrogen functional groups attached to an aromatic ring is 1. The summed E-state index contributed by atoms with van der Waals surface area (Å²) >= 11 is 0. The van der Waals surface area contributed by atoms with Crippen molar-refractivity contribution in [1.82, 2.24) is 5.73 Å². The summed E-state index contributed by atoms with van der Waals surface area (Å²) in [6.45, 7) is 0.0173. The lowest BCUT2D eigenvalue weighted by Crippen LogP contribution is -2.13. The van der Waals surface area contributed by atoms with Gasteiger partial charge in [-0.05, 0) is 18.2 Å². The minimum absolute atomic E-state index is 0.0173. The first-order chi connectivity index (χ1) is 5.68. The third kappa shape index (κ3) is 2.49. The maximum atomic E-state index is 10.3. The molecule has 63 valence electrons. The van der Waals surface area contributed by atoms with Crippen LogP contribution >= 0.6 is 0 Å². The van der Waals surface area contributed by atoms with E-state index in [0.29, 0.717) is 5.69 Å². The van der Waals surface area contributed by atoms with E-state index in [9.17, 15) is 4.79 Å². The Bertz CT molecular complexity index is 285. The van der Waals surface area contributed by atoms with Gasteiger partial charge in [0, 0.05) is 11.4 Å². The highest BCUT2D eigenvalue weighted by Gasteiger charge is 1.95. The van der Waals surface area contributed by atoms with E-state index in [1.165, 1.54) is 0 Å². The Hall–Kier alpha value is -1.71. The summed E-state index contributed by atoms with van der Waals surface area (Å²) in [5, 5.41) is 2.77. The average molecular weight is 164 g/mol. The van der Waals surface area contributed by atoms with E-state index >= 15 is 0 Å². The lowest BCUT2D eigenvalue weighted by molar-refractivity contribution is -0.117. The van der Waals surface area contributed by atoms with Gasteiger partial charge in [0.25, 0.3) is 5.91 Å². The summed E-state index contributed by atoms with van der Waals surface area (Å²) in [6.07, 6.45) is 0. The summed E-state index contributed by atoms with van der Waals surface area (Å²) in [6, 6.07) is 7.04. The number of rotatable bonds is 3. The number of hydrogen-bond donors (Lipinski definition) is 2. The molecule has 1 amide bonds. The number of hydrogen-bond acceptors (Lipinski definition) is 3. The van der Waals surface area contributed by atoms with Crippen molar-refractivity contribution in [3.05, 3.63) is 24.3 Å². The standard InChI is InChI=1S/C8H10N3O/c9-6-2-1-3-7(4-6)11-5-8(10)12/h1-4,10-11H,5,9H2. The van der Waals surface area contributed by atoms with Crippen molar-refractivity contribution in [3.8, 4) is 0 Å². The second kappa shape index (κ2) is 3.61. The zero-order valence-corrected chi connectivity index (χ0v) is 6.50. The fourth-order valence-electron chi connectivity index (χ4n) is 0.831. The Kier molecular flexibility index (Phi) is 2.53. The minimum Gasteiger partial charge on any atom is -0.399 e. The van der Waals surface area contributed by atoms with Gasteiger partial charge in [0.05, 0.1) is 6.54 Å². The van der Waals surface area contributed by atoms with Crippen LogP contribution in [0.2, 0.25) is 0 Å². The fraction of sp³-hybridized carbons (Fsp3) is 0.125. The summed E-state index contributed by atoms with van der Waals surface area (Å²) < 4.78 is 0. The molecule has 1 rings (SSSR count).